The summed E-state index contributed by atoms with van der Waals surface area (Å²) >= 11 is 0. The molecule has 2 aliphatic rings. The Hall–Kier alpha value is -1.64. The maximum atomic E-state index is 12.2. The molecule has 3 heterocycles. The van der Waals surface area contributed by atoms with Crippen LogP contribution in [0.1, 0.15) is 49.8 Å². The van der Waals surface area contributed by atoms with E-state index in [1.54, 1.807) is 4.90 Å². The normalized spacial score (nSPS) is 21.6. The molecule has 0 spiro atoms. The number of carbonyl (C=O) groups excluding carboxylic acids is 1. The van der Waals surface area contributed by atoms with Gasteiger partial charge < -0.3 is 14.2 Å². The standard InChI is InChI=1S/C15H21F3N4O2/c16-15(17,18)10-24-9-13(23)21-8-4-5-11(21)14-20-19-12-6-2-1-3-7-22(12)14/h11H,1-10H2. The molecule has 1 unspecified atom stereocenters. The second-order valence-corrected chi connectivity index (χ2v) is 6.29. The Morgan fingerprint density at radius 3 is 2.79 bits per heavy atom. The fourth-order valence-electron chi connectivity index (χ4n) is 3.42. The summed E-state index contributed by atoms with van der Waals surface area (Å²) < 4.78 is 43.0. The summed E-state index contributed by atoms with van der Waals surface area (Å²) in [6.45, 7) is -0.615. The van der Waals surface area contributed by atoms with Gasteiger partial charge >= 0.3 is 6.18 Å². The van der Waals surface area contributed by atoms with Crippen molar-refractivity contribution in [2.75, 3.05) is 19.8 Å². The molecular weight excluding hydrogens is 325 g/mol. The van der Waals surface area contributed by atoms with E-state index in [1.807, 2.05) is 0 Å². The summed E-state index contributed by atoms with van der Waals surface area (Å²) in [5.41, 5.74) is 0. The van der Waals surface area contributed by atoms with Crippen LogP contribution < -0.4 is 0 Å². The highest BCUT2D eigenvalue weighted by atomic mass is 19.4. The van der Waals surface area contributed by atoms with Crippen LogP contribution in [0.3, 0.4) is 0 Å². The molecule has 0 aromatic carbocycles. The van der Waals surface area contributed by atoms with Crippen molar-refractivity contribution in [3.05, 3.63) is 11.6 Å². The molecule has 24 heavy (non-hydrogen) atoms. The van der Waals surface area contributed by atoms with Gasteiger partial charge in [0.05, 0.1) is 6.04 Å². The number of rotatable bonds is 4. The van der Waals surface area contributed by atoms with Gasteiger partial charge in [0.15, 0.2) is 5.82 Å². The lowest BCUT2D eigenvalue weighted by Crippen LogP contribution is -2.35. The smallest absolute Gasteiger partial charge is 0.362 e. The number of halogens is 3. The van der Waals surface area contributed by atoms with Crippen molar-refractivity contribution in [3.63, 3.8) is 0 Å². The molecule has 1 fully saturated rings. The summed E-state index contributed by atoms with van der Waals surface area (Å²) in [6.07, 6.45) is 1.28. The number of hydrogen-bond acceptors (Lipinski definition) is 4. The van der Waals surface area contributed by atoms with Gasteiger partial charge in [-0.05, 0) is 25.7 Å². The second-order valence-electron chi connectivity index (χ2n) is 6.29. The van der Waals surface area contributed by atoms with Gasteiger partial charge in [-0.25, -0.2) is 0 Å². The van der Waals surface area contributed by atoms with Crippen LogP contribution in [0.2, 0.25) is 0 Å². The Bertz CT molecular complexity index is 588. The summed E-state index contributed by atoms with van der Waals surface area (Å²) in [5.74, 6) is 1.27. The molecule has 0 bridgehead atoms. The number of likely N-dealkylation sites (tertiary alicyclic amines) is 1. The van der Waals surface area contributed by atoms with Crippen molar-refractivity contribution < 1.29 is 22.7 Å². The van der Waals surface area contributed by atoms with Crippen LogP contribution in [0.4, 0.5) is 13.2 Å². The number of aryl methyl sites for hydroxylation is 1. The third-order valence-corrected chi connectivity index (χ3v) is 4.50. The van der Waals surface area contributed by atoms with Gasteiger partial charge in [0.1, 0.15) is 19.0 Å². The maximum absolute atomic E-state index is 12.2. The molecule has 2 aliphatic heterocycles. The summed E-state index contributed by atoms with van der Waals surface area (Å²) in [7, 11) is 0. The minimum absolute atomic E-state index is 0.216. The number of aromatic nitrogens is 3. The molecule has 6 nitrogen and oxygen atoms in total. The largest absolute Gasteiger partial charge is 0.411 e. The van der Waals surface area contributed by atoms with Crippen molar-refractivity contribution >= 4 is 5.91 Å². The summed E-state index contributed by atoms with van der Waals surface area (Å²) in [4.78, 5) is 13.8. The van der Waals surface area contributed by atoms with Gasteiger partial charge in [-0.1, -0.05) is 6.42 Å². The topological polar surface area (TPSA) is 60.2 Å². The van der Waals surface area contributed by atoms with Crippen molar-refractivity contribution in [2.24, 2.45) is 0 Å². The van der Waals surface area contributed by atoms with E-state index in [-0.39, 0.29) is 6.04 Å². The van der Waals surface area contributed by atoms with Crippen LogP contribution in [0, 0.1) is 0 Å². The van der Waals surface area contributed by atoms with E-state index in [2.05, 4.69) is 19.5 Å². The quantitative estimate of drug-likeness (QED) is 0.839. The van der Waals surface area contributed by atoms with Crippen LogP contribution in [-0.4, -0.2) is 51.5 Å². The fourth-order valence-corrected chi connectivity index (χ4v) is 3.42. The number of alkyl halides is 3. The van der Waals surface area contributed by atoms with Crippen LogP contribution in [0.15, 0.2) is 0 Å². The molecule has 0 saturated carbocycles. The first-order valence-corrected chi connectivity index (χ1v) is 8.31. The van der Waals surface area contributed by atoms with Crippen LogP contribution in [-0.2, 0) is 22.5 Å². The van der Waals surface area contributed by atoms with E-state index in [9.17, 15) is 18.0 Å². The molecule has 1 amide bonds. The van der Waals surface area contributed by atoms with Crippen LogP contribution in [0.5, 0.6) is 0 Å². The second kappa shape index (κ2) is 7.08. The van der Waals surface area contributed by atoms with Gasteiger partial charge in [-0.3, -0.25) is 4.79 Å². The Morgan fingerprint density at radius 2 is 2.00 bits per heavy atom. The van der Waals surface area contributed by atoms with Gasteiger partial charge in [-0.15, -0.1) is 10.2 Å². The highest BCUT2D eigenvalue weighted by Gasteiger charge is 2.35. The molecule has 0 N–H and O–H groups in total. The third-order valence-electron chi connectivity index (χ3n) is 4.50. The van der Waals surface area contributed by atoms with Crippen molar-refractivity contribution in [1.82, 2.24) is 19.7 Å². The monoisotopic (exact) mass is 346 g/mol. The number of amides is 1. The zero-order valence-electron chi connectivity index (χ0n) is 13.4. The molecule has 3 rings (SSSR count). The lowest BCUT2D eigenvalue weighted by molar-refractivity contribution is -0.178. The maximum Gasteiger partial charge on any atom is 0.411 e. The van der Waals surface area contributed by atoms with E-state index in [1.165, 1.54) is 0 Å². The zero-order chi connectivity index (χ0) is 17.2. The first-order valence-electron chi connectivity index (χ1n) is 8.31. The van der Waals surface area contributed by atoms with Crippen molar-refractivity contribution in [1.29, 1.82) is 0 Å². The van der Waals surface area contributed by atoms with Gasteiger partial charge in [0.25, 0.3) is 0 Å². The molecule has 1 saturated heterocycles. The minimum atomic E-state index is -4.42. The van der Waals surface area contributed by atoms with E-state index < -0.39 is 25.3 Å². The molecule has 0 radical (unpaired) electrons. The van der Waals surface area contributed by atoms with Gasteiger partial charge in [0, 0.05) is 19.5 Å². The first-order chi connectivity index (χ1) is 11.5. The molecule has 134 valence electrons. The highest BCUT2D eigenvalue weighted by molar-refractivity contribution is 5.78. The third kappa shape index (κ3) is 3.88. The SMILES string of the molecule is O=C(COCC(F)(F)F)N1CCCC1c1nnc2n1CCCCC2. The Balaban J connectivity index is 1.67. The van der Waals surface area contributed by atoms with Gasteiger partial charge in [-0.2, -0.15) is 13.2 Å². The van der Waals surface area contributed by atoms with E-state index in [0.717, 1.165) is 56.7 Å². The van der Waals surface area contributed by atoms with Crippen molar-refractivity contribution in [3.8, 4) is 0 Å². The Labute approximate surface area is 138 Å². The van der Waals surface area contributed by atoms with Crippen LogP contribution in [0.25, 0.3) is 0 Å². The Morgan fingerprint density at radius 1 is 1.17 bits per heavy atom. The zero-order valence-corrected chi connectivity index (χ0v) is 13.4. The van der Waals surface area contributed by atoms with Crippen LogP contribution >= 0.6 is 0 Å². The summed E-state index contributed by atoms with van der Waals surface area (Å²) in [6, 6.07) is -0.216. The molecular formula is C15H21F3N4O2. The average Bonchev–Trinajstić information content (AvgIpc) is 3.07. The van der Waals surface area contributed by atoms with Gasteiger partial charge in [0.2, 0.25) is 5.91 Å². The number of ether oxygens (including phenoxy) is 1. The predicted octanol–water partition coefficient (Wildman–Crippen LogP) is 2.25. The number of nitrogens with zero attached hydrogens (tertiary/aromatic N) is 4. The average molecular weight is 346 g/mol. The lowest BCUT2D eigenvalue weighted by atomic mass is 10.2. The van der Waals surface area contributed by atoms with E-state index >= 15 is 0 Å². The molecule has 1 atom stereocenters. The first kappa shape index (κ1) is 17.2. The lowest BCUT2D eigenvalue weighted by Gasteiger charge is -2.24. The summed E-state index contributed by atoms with van der Waals surface area (Å²) in [5, 5.41) is 8.52. The Kier molecular flexibility index (Phi) is 5.07. The van der Waals surface area contributed by atoms with E-state index in [4.69, 9.17) is 0 Å². The molecule has 1 aromatic heterocycles. The number of hydrogen-bond donors (Lipinski definition) is 0. The number of fused-ring (bicyclic) bond motifs is 1. The molecule has 0 aliphatic carbocycles. The fraction of sp³-hybridized carbons (Fsp3) is 0.800. The van der Waals surface area contributed by atoms with Crippen molar-refractivity contribution in [2.45, 2.75) is 57.3 Å². The predicted molar refractivity (Wildman–Crippen MR) is 78.1 cm³/mol. The highest BCUT2D eigenvalue weighted by Crippen LogP contribution is 2.32. The number of carbonyl (C=O) groups is 1. The molecule has 9 heteroatoms. The van der Waals surface area contributed by atoms with E-state index in [0.29, 0.717) is 6.54 Å². The molecule has 1 aromatic rings. The minimum Gasteiger partial charge on any atom is -0.362 e.